The summed E-state index contributed by atoms with van der Waals surface area (Å²) in [6.07, 6.45) is 6.36. The van der Waals surface area contributed by atoms with Gasteiger partial charge in [0.1, 0.15) is 5.69 Å². The predicted molar refractivity (Wildman–Crippen MR) is 105 cm³/mol. The maximum Gasteiger partial charge on any atom is 0.293 e. The van der Waals surface area contributed by atoms with Crippen LogP contribution in [0, 0.1) is 16.0 Å². The molecule has 2 rings (SSSR count). The number of anilines is 1. The number of nitro benzene ring substituents is 1. The number of nitrogens with one attached hydrogen (secondary N) is 2. The summed E-state index contributed by atoms with van der Waals surface area (Å²) in [5, 5.41) is 19.1. The van der Waals surface area contributed by atoms with E-state index in [-0.39, 0.29) is 5.69 Å². The lowest BCUT2D eigenvalue weighted by Crippen LogP contribution is -2.44. The molecule has 1 aromatic rings. The van der Waals surface area contributed by atoms with Crippen LogP contribution in [0.25, 0.3) is 0 Å². The Kier molecular flexibility index (Phi) is 6.69. The van der Waals surface area contributed by atoms with Crippen molar-refractivity contribution in [2.75, 3.05) is 19.0 Å². The number of nitrogens with zero attached hydrogens (tertiary/aromatic N) is 3. The van der Waals surface area contributed by atoms with Crippen LogP contribution < -0.4 is 15.6 Å². The summed E-state index contributed by atoms with van der Waals surface area (Å²) in [7, 11) is 3.54. The number of rotatable bonds is 5. The van der Waals surface area contributed by atoms with Crippen LogP contribution in [-0.2, 0) is 0 Å². The molecule has 0 spiro atoms. The number of hydrogen-bond donors (Lipinski definition) is 2. The molecule has 1 aliphatic rings. The number of hydrogen-bond acceptors (Lipinski definition) is 5. The van der Waals surface area contributed by atoms with Gasteiger partial charge in [-0.15, -0.1) is 0 Å². The van der Waals surface area contributed by atoms with E-state index < -0.39 is 4.92 Å². The minimum absolute atomic E-state index is 0.0469. The standard InChI is InChI=1S/C17H25N5O2S/c1-12-6-4-5-7-14(12)19-17(25)20-18-11-13-8-9-15(21(2)3)16(10-13)22(23)24/h8-12,14H,4-7H2,1-3H3,(H2,19,20,25)/b18-11-/t12-,14-/m0/s1. The average Bonchev–Trinajstić information content (AvgIpc) is 2.56. The maximum absolute atomic E-state index is 11.2. The Balaban J connectivity index is 1.96. The van der Waals surface area contributed by atoms with Crippen molar-refractivity contribution < 1.29 is 4.92 Å². The Morgan fingerprint density at radius 1 is 1.40 bits per heavy atom. The van der Waals surface area contributed by atoms with Crippen LogP contribution in [0.15, 0.2) is 23.3 Å². The van der Waals surface area contributed by atoms with E-state index in [1.807, 2.05) is 0 Å². The van der Waals surface area contributed by atoms with E-state index in [4.69, 9.17) is 12.2 Å². The van der Waals surface area contributed by atoms with Gasteiger partial charge in [0.25, 0.3) is 5.69 Å². The third-order valence-corrected chi connectivity index (χ3v) is 4.69. The molecule has 1 fully saturated rings. The van der Waals surface area contributed by atoms with Crippen molar-refractivity contribution in [2.45, 2.75) is 38.6 Å². The zero-order valence-electron chi connectivity index (χ0n) is 14.9. The van der Waals surface area contributed by atoms with Gasteiger partial charge in [0, 0.05) is 31.8 Å². The van der Waals surface area contributed by atoms with Crippen LogP contribution in [0.3, 0.4) is 0 Å². The second-order valence-corrected chi connectivity index (χ2v) is 7.02. The van der Waals surface area contributed by atoms with Crippen molar-refractivity contribution >= 4 is 34.9 Å². The first-order chi connectivity index (χ1) is 11.9. The zero-order valence-corrected chi connectivity index (χ0v) is 15.7. The molecule has 2 N–H and O–H groups in total. The fourth-order valence-electron chi connectivity index (χ4n) is 3.04. The lowest BCUT2D eigenvalue weighted by Gasteiger charge is -2.30. The molecular weight excluding hydrogens is 338 g/mol. The summed E-state index contributed by atoms with van der Waals surface area (Å²) in [5.74, 6) is 0.596. The van der Waals surface area contributed by atoms with Gasteiger partial charge in [-0.3, -0.25) is 15.5 Å². The highest BCUT2D eigenvalue weighted by atomic mass is 32.1. The summed E-state index contributed by atoms with van der Waals surface area (Å²) in [4.78, 5) is 12.5. The molecule has 0 aliphatic heterocycles. The highest BCUT2D eigenvalue weighted by Gasteiger charge is 2.21. The number of hydrazone groups is 1. The SMILES string of the molecule is C[C@H]1CCCC[C@@H]1NC(=S)N/N=C\c1ccc(N(C)C)c([N+](=O)[O-])c1. The van der Waals surface area contributed by atoms with Crippen molar-refractivity contribution in [3.8, 4) is 0 Å². The Bertz CT molecular complexity index is 662. The van der Waals surface area contributed by atoms with Gasteiger partial charge in [-0.05, 0) is 37.0 Å². The van der Waals surface area contributed by atoms with Crippen molar-refractivity contribution in [2.24, 2.45) is 11.0 Å². The number of nitro groups is 1. The van der Waals surface area contributed by atoms with Crippen LogP contribution in [0.2, 0.25) is 0 Å². The summed E-state index contributed by atoms with van der Waals surface area (Å²) in [6, 6.07) is 5.37. The molecule has 1 aromatic carbocycles. The van der Waals surface area contributed by atoms with E-state index in [1.165, 1.54) is 31.5 Å². The molecule has 0 aromatic heterocycles. The van der Waals surface area contributed by atoms with Crippen molar-refractivity contribution in [1.29, 1.82) is 0 Å². The molecule has 1 saturated carbocycles. The molecule has 0 amide bonds. The molecule has 25 heavy (non-hydrogen) atoms. The second-order valence-electron chi connectivity index (χ2n) is 6.61. The summed E-state index contributed by atoms with van der Waals surface area (Å²) < 4.78 is 0. The fourth-order valence-corrected chi connectivity index (χ4v) is 3.25. The van der Waals surface area contributed by atoms with Crippen LogP contribution in [0.5, 0.6) is 0 Å². The molecule has 0 bridgehead atoms. The minimum Gasteiger partial charge on any atom is -0.372 e. The van der Waals surface area contributed by atoms with E-state index in [0.29, 0.717) is 28.3 Å². The Morgan fingerprint density at radius 2 is 2.12 bits per heavy atom. The Labute approximate surface area is 153 Å². The third-order valence-electron chi connectivity index (χ3n) is 4.49. The van der Waals surface area contributed by atoms with Crippen LogP contribution in [0.4, 0.5) is 11.4 Å². The highest BCUT2D eigenvalue weighted by molar-refractivity contribution is 7.80. The second kappa shape index (κ2) is 8.75. The lowest BCUT2D eigenvalue weighted by atomic mass is 9.86. The van der Waals surface area contributed by atoms with Crippen LogP contribution in [-0.4, -0.2) is 36.4 Å². The molecule has 1 aliphatic carbocycles. The van der Waals surface area contributed by atoms with E-state index in [0.717, 1.165) is 6.42 Å². The van der Waals surface area contributed by atoms with Gasteiger partial charge < -0.3 is 10.2 Å². The quantitative estimate of drug-likeness (QED) is 0.362. The van der Waals surface area contributed by atoms with Gasteiger partial charge in [0.15, 0.2) is 5.11 Å². The van der Waals surface area contributed by atoms with Gasteiger partial charge in [0.05, 0.1) is 11.1 Å². The third kappa shape index (κ3) is 5.38. The largest absolute Gasteiger partial charge is 0.372 e. The van der Waals surface area contributed by atoms with Gasteiger partial charge in [-0.1, -0.05) is 25.8 Å². The number of thiocarbonyl (C=S) groups is 1. The van der Waals surface area contributed by atoms with Gasteiger partial charge in [0.2, 0.25) is 0 Å². The first kappa shape index (κ1) is 19.1. The smallest absolute Gasteiger partial charge is 0.293 e. The average molecular weight is 363 g/mol. The molecule has 0 saturated heterocycles. The van der Waals surface area contributed by atoms with Crippen LogP contribution in [0.1, 0.15) is 38.2 Å². The first-order valence-corrected chi connectivity index (χ1v) is 8.84. The molecule has 0 radical (unpaired) electrons. The van der Waals surface area contributed by atoms with Crippen molar-refractivity contribution in [1.82, 2.24) is 10.7 Å². The Hall–Kier alpha value is -2.22. The lowest BCUT2D eigenvalue weighted by molar-refractivity contribution is -0.384. The normalized spacial score (nSPS) is 20.3. The van der Waals surface area contributed by atoms with Gasteiger partial charge in [-0.25, -0.2) is 0 Å². The number of benzene rings is 1. The van der Waals surface area contributed by atoms with Crippen LogP contribution >= 0.6 is 12.2 Å². The van der Waals surface area contributed by atoms with E-state index >= 15 is 0 Å². The molecule has 0 unspecified atom stereocenters. The monoisotopic (exact) mass is 363 g/mol. The highest BCUT2D eigenvalue weighted by Crippen LogP contribution is 2.27. The topological polar surface area (TPSA) is 82.8 Å². The van der Waals surface area contributed by atoms with Crippen molar-refractivity contribution in [3.05, 3.63) is 33.9 Å². The molecule has 2 atom stereocenters. The minimum atomic E-state index is -0.392. The summed E-state index contributed by atoms with van der Waals surface area (Å²) in [5.41, 5.74) is 4.03. The summed E-state index contributed by atoms with van der Waals surface area (Å²) in [6.45, 7) is 2.23. The zero-order chi connectivity index (χ0) is 18.4. The predicted octanol–water partition coefficient (Wildman–Crippen LogP) is 3.04. The molecule has 136 valence electrons. The molecule has 0 heterocycles. The molecule has 7 nitrogen and oxygen atoms in total. The Morgan fingerprint density at radius 3 is 2.76 bits per heavy atom. The summed E-state index contributed by atoms with van der Waals surface area (Å²) >= 11 is 5.27. The van der Waals surface area contributed by atoms with E-state index in [9.17, 15) is 10.1 Å². The van der Waals surface area contributed by atoms with E-state index in [1.54, 1.807) is 31.1 Å². The molecular formula is C17H25N5O2S. The van der Waals surface area contributed by atoms with Gasteiger partial charge in [-0.2, -0.15) is 5.10 Å². The fraction of sp³-hybridized carbons (Fsp3) is 0.529. The maximum atomic E-state index is 11.2. The first-order valence-electron chi connectivity index (χ1n) is 8.44. The van der Waals surface area contributed by atoms with E-state index in [2.05, 4.69) is 22.8 Å². The molecule has 8 heteroatoms. The van der Waals surface area contributed by atoms with Gasteiger partial charge >= 0.3 is 0 Å². The van der Waals surface area contributed by atoms with Crippen molar-refractivity contribution in [3.63, 3.8) is 0 Å².